The first kappa shape index (κ1) is 23.2. The molecule has 0 aromatic heterocycles. The molecule has 174 valence electrons. The van der Waals surface area contributed by atoms with E-state index in [1.54, 1.807) is 89.9 Å². The Morgan fingerprint density at radius 2 is 0.800 bits per heavy atom. The number of fused-ring (bicyclic) bond motifs is 3. The van der Waals surface area contributed by atoms with Gasteiger partial charge in [0.05, 0.1) is 0 Å². The maximum Gasteiger partial charge on any atom is -0.0269 e. The van der Waals surface area contributed by atoms with Crippen molar-refractivity contribution in [2.45, 2.75) is 155 Å². The molecule has 0 amide bonds. The molecule has 5 fully saturated rings. The van der Waals surface area contributed by atoms with E-state index in [1.165, 1.54) is 51.4 Å². The van der Waals surface area contributed by atoms with Gasteiger partial charge in [-0.25, -0.2) is 0 Å². The van der Waals surface area contributed by atoms with Crippen LogP contribution in [0.1, 0.15) is 155 Å². The lowest BCUT2D eigenvalue weighted by Crippen LogP contribution is -2.49. The van der Waals surface area contributed by atoms with Crippen LogP contribution in [0.15, 0.2) is 0 Å². The van der Waals surface area contributed by atoms with E-state index >= 15 is 0 Å². The Morgan fingerprint density at radius 1 is 0.467 bits per heavy atom. The minimum absolute atomic E-state index is 0.799. The summed E-state index contributed by atoms with van der Waals surface area (Å²) in [5.41, 5.74) is 1.60. The van der Waals surface area contributed by atoms with Crippen LogP contribution in [0.3, 0.4) is 0 Å². The molecule has 0 heteroatoms. The minimum Gasteiger partial charge on any atom is -0.0654 e. The summed E-state index contributed by atoms with van der Waals surface area (Å²) in [6, 6.07) is 0. The molecule has 5 saturated carbocycles. The van der Waals surface area contributed by atoms with E-state index in [2.05, 4.69) is 13.8 Å². The summed E-state index contributed by atoms with van der Waals surface area (Å²) in [5.74, 6) is 4.38. The van der Waals surface area contributed by atoms with E-state index in [0.717, 1.165) is 34.5 Å². The molecule has 0 radical (unpaired) electrons. The molecule has 0 unspecified atom stereocenters. The smallest absolute Gasteiger partial charge is 0.0269 e. The topological polar surface area (TPSA) is 0 Å². The lowest BCUT2D eigenvalue weighted by Gasteiger charge is -2.60. The zero-order valence-corrected chi connectivity index (χ0v) is 20.9. The maximum absolute atomic E-state index is 2.35. The van der Waals surface area contributed by atoms with Crippen LogP contribution in [-0.2, 0) is 0 Å². The highest BCUT2D eigenvalue weighted by Gasteiger charge is 2.54. The lowest BCUT2D eigenvalue weighted by molar-refractivity contribution is -0.0960. The van der Waals surface area contributed by atoms with Gasteiger partial charge in [-0.15, -0.1) is 0 Å². The Morgan fingerprint density at radius 3 is 1.10 bits per heavy atom. The van der Waals surface area contributed by atoms with E-state index in [0.29, 0.717) is 0 Å². The summed E-state index contributed by atoms with van der Waals surface area (Å²) >= 11 is 0. The summed E-state index contributed by atoms with van der Waals surface area (Å²) in [6.45, 7) is 4.70. The predicted octanol–water partition coefficient (Wildman–Crippen LogP) is 10.1. The van der Waals surface area contributed by atoms with Gasteiger partial charge in [0.15, 0.2) is 0 Å². The second kappa shape index (κ2) is 10.7. The SMILES string of the molecule is CCCCCC1CCC(C23CCC([C@H]4CC[C@H](CCCCC)CC4)(CC2)CC3)CC1. The molecular formula is C30H54. The number of rotatable bonds is 10. The quantitative estimate of drug-likeness (QED) is 0.312. The van der Waals surface area contributed by atoms with Crippen LogP contribution in [0.25, 0.3) is 0 Å². The Bertz CT molecular complexity index is 418. The molecule has 0 saturated heterocycles. The van der Waals surface area contributed by atoms with Gasteiger partial charge in [-0.2, -0.15) is 0 Å². The predicted molar refractivity (Wildman–Crippen MR) is 132 cm³/mol. The first-order valence-corrected chi connectivity index (χ1v) is 14.7. The van der Waals surface area contributed by atoms with Gasteiger partial charge in [-0.1, -0.05) is 90.9 Å². The summed E-state index contributed by atoms with van der Waals surface area (Å²) in [6.07, 6.45) is 34.2. The molecule has 0 spiro atoms. The van der Waals surface area contributed by atoms with Crippen LogP contribution in [0.2, 0.25) is 0 Å². The van der Waals surface area contributed by atoms with E-state index in [9.17, 15) is 0 Å². The molecule has 5 aliphatic rings. The van der Waals surface area contributed by atoms with Crippen molar-refractivity contribution in [2.24, 2.45) is 34.5 Å². The van der Waals surface area contributed by atoms with Gasteiger partial charge in [0.1, 0.15) is 0 Å². The van der Waals surface area contributed by atoms with Crippen LogP contribution in [0.4, 0.5) is 0 Å². The molecule has 2 bridgehead atoms. The molecule has 0 N–H and O–H groups in total. The number of hydrogen-bond acceptors (Lipinski definition) is 0. The van der Waals surface area contributed by atoms with E-state index in [1.807, 2.05) is 0 Å². The Balaban J connectivity index is 1.22. The largest absolute Gasteiger partial charge is 0.0654 e. The minimum atomic E-state index is 0.799. The van der Waals surface area contributed by atoms with Crippen LogP contribution in [-0.4, -0.2) is 0 Å². The molecule has 0 nitrogen and oxygen atoms in total. The second-order valence-electron chi connectivity index (χ2n) is 12.7. The van der Waals surface area contributed by atoms with E-state index in [4.69, 9.17) is 0 Å². The fraction of sp³-hybridized carbons (Fsp3) is 1.00. The van der Waals surface area contributed by atoms with Gasteiger partial charge in [0.2, 0.25) is 0 Å². The van der Waals surface area contributed by atoms with Crippen molar-refractivity contribution in [1.82, 2.24) is 0 Å². The fourth-order valence-electron chi connectivity index (χ4n) is 8.96. The third-order valence-corrected chi connectivity index (χ3v) is 11.2. The monoisotopic (exact) mass is 414 g/mol. The van der Waals surface area contributed by atoms with Gasteiger partial charge < -0.3 is 0 Å². The Labute approximate surface area is 189 Å². The van der Waals surface area contributed by atoms with Crippen molar-refractivity contribution < 1.29 is 0 Å². The standard InChI is InChI=1S/C30H54/c1-3-5-7-9-25-11-15-27(16-12-25)29-19-22-30(23-20-29,24-21-29)28-17-13-26(14-18-28)10-8-6-4-2/h25-28H,3-24H2,1-2H3/t25-,26?,27-,28?,29?,30?. The average molecular weight is 415 g/mol. The zero-order chi connectivity index (χ0) is 20.9. The van der Waals surface area contributed by atoms with Crippen LogP contribution < -0.4 is 0 Å². The van der Waals surface area contributed by atoms with Gasteiger partial charge >= 0.3 is 0 Å². The van der Waals surface area contributed by atoms with Crippen molar-refractivity contribution >= 4 is 0 Å². The third-order valence-electron chi connectivity index (χ3n) is 11.2. The van der Waals surface area contributed by atoms with Crippen molar-refractivity contribution in [3.05, 3.63) is 0 Å². The van der Waals surface area contributed by atoms with E-state index in [-0.39, 0.29) is 0 Å². The zero-order valence-electron chi connectivity index (χ0n) is 20.9. The maximum atomic E-state index is 2.35. The summed E-state index contributed by atoms with van der Waals surface area (Å²) < 4.78 is 0. The molecule has 0 heterocycles. The Hall–Kier alpha value is 0. The highest BCUT2D eigenvalue weighted by atomic mass is 14.6. The summed E-state index contributed by atoms with van der Waals surface area (Å²) in [7, 11) is 0. The van der Waals surface area contributed by atoms with Crippen LogP contribution >= 0.6 is 0 Å². The normalized spacial score (nSPS) is 41.8. The van der Waals surface area contributed by atoms with Crippen molar-refractivity contribution in [1.29, 1.82) is 0 Å². The molecular weight excluding hydrogens is 360 g/mol. The number of hydrogen-bond donors (Lipinski definition) is 0. The fourth-order valence-corrected chi connectivity index (χ4v) is 8.96. The number of unbranched alkanes of at least 4 members (excludes halogenated alkanes) is 4. The highest BCUT2D eigenvalue weighted by Crippen LogP contribution is 2.66. The highest BCUT2D eigenvalue weighted by molar-refractivity contribution is 5.05. The molecule has 0 aromatic carbocycles. The van der Waals surface area contributed by atoms with Crippen molar-refractivity contribution in [3.8, 4) is 0 Å². The van der Waals surface area contributed by atoms with Crippen molar-refractivity contribution in [3.63, 3.8) is 0 Å². The first-order chi connectivity index (χ1) is 14.7. The molecule has 0 atom stereocenters. The third kappa shape index (κ3) is 5.14. The van der Waals surface area contributed by atoms with Gasteiger partial charge in [0, 0.05) is 0 Å². The molecule has 5 aliphatic carbocycles. The molecule has 0 aromatic rings. The molecule has 30 heavy (non-hydrogen) atoms. The summed E-state index contributed by atoms with van der Waals surface area (Å²) in [4.78, 5) is 0. The van der Waals surface area contributed by atoms with Gasteiger partial charge in [0.25, 0.3) is 0 Å². The van der Waals surface area contributed by atoms with Gasteiger partial charge in [-0.05, 0) is 98.7 Å². The second-order valence-corrected chi connectivity index (χ2v) is 12.7. The Kier molecular flexibility index (Phi) is 8.30. The van der Waals surface area contributed by atoms with Crippen LogP contribution in [0, 0.1) is 34.5 Å². The van der Waals surface area contributed by atoms with E-state index < -0.39 is 0 Å². The lowest BCUT2D eigenvalue weighted by atomic mass is 9.45. The van der Waals surface area contributed by atoms with Crippen LogP contribution in [0.5, 0.6) is 0 Å². The summed E-state index contributed by atoms with van der Waals surface area (Å²) in [5, 5.41) is 0. The first-order valence-electron chi connectivity index (χ1n) is 14.7. The average Bonchev–Trinajstić information content (AvgIpc) is 2.81. The van der Waals surface area contributed by atoms with Gasteiger partial charge in [-0.3, -0.25) is 0 Å². The van der Waals surface area contributed by atoms with Crippen molar-refractivity contribution in [2.75, 3.05) is 0 Å². The molecule has 5 rings (SSSR count). The molecule has 0 aliphatic heterocycles.